The van der Waals surface area contributed by atoms with Crippen LogP contribution in [0, 0.1) is 11.7 Å². The lowest BCUT2D eigenvalue weighted by Gasteiger charge is -2.35. The van der Waals surface area contributed by atoms with E-state index in [9.17, 15) is 17.9 Å². The van der Waals surface area contributed by atoms with Gasteiger partial charge in [0.1, 0.15) is 5.82 Å². The molecule has 2 rings (SSSR count). The molecule has 0 radical (unpaired) electrons. The molecule has 1 aliphatic carbocycles. The van der Waals surface area contributed by atoms with Crippen LogP contribution in [0.25, 0.3) is 0 Å². The maximum Gasteiger partial charge on any atom is 0.211 e. The Hall–Kier alpha value is -1.02. The molecule has 7 heteroatoms. The molecule has 0 spiro atoms. The molecule has 0 heterocycles. The van der Waals surface area contributed by atoms with Crippen LogP contribution in [0.15, 0.2) is 24.3 Å². The van der Waals surface area contributed by atoms with Gasteiger partial charge in [-0.15, -0.1) is 0 Å². The van der Waals surface area contributed by atoms with Gasteiger partial charge in [-0.25, -0.2) is 17.5 Å². The highest BCUT2D eigenvalue weighted by Gasteiger charge is 2.29. The average Bonchev–Trinajstić information content (AvgIpc) is 2.61. The summed E-state index contributed by atoms with van der Waals surface area (Å²) in [4.78, 5) is 0. The largest absolute Gasteiger partial charge is 0.387 e. The molecule has 0 bridgehead atoms. The third-order valence-electron chi connectivity index (χ3n) is 5.47. The SMILES string of the molecule is CCCS(=O)(=O)NC1CCC(CC(C)(C)NC[C@H](O)c2cccc(F)c2)CC1. The van der Waals surface area contributed by atoms with E-state index in [1.807, 2.05) is 6.92 Å². The fourth-order valence-electron chi connectivity index (χ4n) is 4.06. The van der Waals surface area contributed by atoms with E-state index in [0.717, 1.165) is 32.1 Å². The minimum absolute atomic E-state index is 0.0543. The highest BCUT2D eigenvalue weighted by Crippen LogP contribution is 2.31. The second-order valence-electron chi connectivity index (χ2n) is 8.69. The van der Waals surface area contributed by atoms with Gasteiger partial charge in [-0.05, 0) is 76.0 Å². The Morgan fingerprint density at radius 1 is 1.25 bits per heavy atom. The molecule has 5 nitrogen and oxygen atoms in total. The summed E-state index contributed by atoms with van der Waals surface area (Å²) in [7, 11) is -3.15. The Balaban J connectivity index is 1.77. The lowest BCUT2D eigenvalue weighted by molar-refractivity contribution is 0.149. The number of sulfonamides is 1. The number of halogens is 1. The highest BCUT2D eigenvalue weighted by molar-refractivity contribution is 7.89. The van der Waals surface area contributed by atoms with Crippen LogP contribution >= 0.6 is 0 Å². The summed E-state index contributed by atoms with van der Waals surface area (Å²) < 4.78 is 40.0. The Kier molecular flexibility index (Phi) is 8.43. The quantitative estimate of drug-likeness (QED) is 0.547. The van der Waals surface area contributed by atoms with E-state index >= 15 is 0 Å². The molecule has 1 aliphatic rings. The van der Waals surface area contributed by atoms with E-state index in [-0.39, 0.29) is 23.2 Å². The molecule has 1 saturated carbocycles. The summed E-state index contributed by atoms with van der Waals surface area (Å²) in [6.45, 7) is 6.46. The van der Waals surface area contributed by atoms with Gasteiger partial charge in [-0.1, -0.05) is 19.1 Å². The molecular weight excluding hydrogens is 379 g/mol. The van der Waals surface area contributed by atoms with Crippen LogP contribution in [0.5, 0.6) is 0 Å². The van der Waals surface area contributed by atoms with Gasteiger partial charge in [0.25, 0.3) is 0 Å². The van der Waals surface area contributed by atoms with Gasteiger partial charge in [0.2, 0.25) is 10.0 Å². The monoisotopic (exact) mass is 414 g/mol. The van der Waals surface area contributed by atoms with Crippen LogP contribution in [-0.2, 0) is 10.0 Å². The van der Waals surface area contributed by atoms with Crippen molar-refractivity contribution in [2.75, 3.05) is 12.3 Å². The zero-order valence-corrected chi connectivity index (χ0v) is 18.1. The Morgan fingerprint density at radius 3 is 2.54 bits per heavy atom. The van der Waals surface area contributed by atoms with Gasteiger partial charge < -0.3 is 10.4 Å². The van der Waals surface area contributed by atoms with E-state index in [0.29, 0.717) is 24.4 Å². The van der Waals surface area contributed by atoms with Crippen molar-refractivity contribution in [3.63, 3.8) is 0 Å². The van der Waals surface area contributed by atoms with Crippen molar-refractivity contribution in [2.24, 2.45) is 5.92 Å². The first kappa shape index (κ1) is 23.3. The number of aliphatic hydroxyl groups excluding tert-OH is 1. The zero-order valence-electron chi connectivity index (χ0n) is 17.2. The van der Waals surface area contributed by atoms with Crippen molar-refractivity contribution < 1.29 is 17.9 Å². The lowest BCUT2D eigenvalue weighted by Crippen LogP contribution is -2.44. The predicted molar refractivity (Wildman–Crippen MR) is 111 cm³/mol. The van der Waals surface area contributed by atoms with E-state index in [1.54, 1.807) is 12.1 Å². The van der Waals surface area contributed by atoms with E-state index in [1.165, 1.54) is 12.1 Å². The minimum atomic E-state index is -3.15. The van der Waals surface area contributed by atoms with Gasteiger partial charge in [-0.2, -0.15) is 0 Å². The summed E-state index contributed by atoms with van der Waals surface area (Å²) in [6, 6.07) is 6.11. The first-order valence-corrected chi connectivity index (χ1v) is 11.9. The molecule has 1 atom stereocenters. The van der Waals surface area contributed by atoms with Gasteiger partial charge in [0, 0.05) is 18.1 Å². The Labute approximate surface area is 169 Å². The third-order valence-corrected chi connectivity index (χ3v) is 7.11. The number of benzene rings is 1. The zero-order chi connectivity index (χ0) is 20.8. The van der Waals surface area contributed by atoms with Gasteiger partial charge in [-0.3, -0.25) is 0 Å². The van der Waals surface area contributed by atoms with Crippen LogP contribution in [0.3, 0.4) is 0 Å². The number of β-amino-alcohol motifs (C(OH)–C–C–N with tert-alkyl or cyclic N) is 1. The lowest BCUT2D eigenvalue weighted by atomic mass is 9.79. The number of nitrogens with one attached hydrogen (secondary N) is 2. The van der Waals surface area contributed by atoms with Gasteiger partial charge >= 0.3 is 0 Å². The van der Waals surface area contributed by atoms with Crippen molar-refractivity contribution in [2.45, 2.75) is 77.0 Å². The molecule has 0 aliphatic heterocycles. The molecule has 0 saturated heterocycles. The minimum Gasteiger partial charge on any atom is -0.387 e. The molecule has 0 aromatic heterocycles. The predicted octanol–water partition coefficient (Wildman–Crippen LogP) is 3.51. The number of hydrogen-bond acceptors (Lipinski definition) is 4. The fraction of sp³-hybridized carbons (Fsp3) is 0.714. The molecule has 0 unspecified atom stereocenters. The van der Waals surface area contributed by atoms with Crippen LogP contribution in [0.4, 0.5) is 4.39 Å². The van der Waals surface area contributed by atoms with E-state index in [4.69, 9.17) is 0 Å². The van der Waals surface area contributed by atoms with Crippen molar-refractivity contribution in [3.8, 4) is 0 Å². The molecule has 0 amide bonds. The molecule has 1 aromatic carbocycles. The topological polar surface area (TPSA) is 78.4 Å². The summed E-state index contributed by atoms with van der Waals surface area (Å²) in [6.07, 6.45) is 4.57. The van der Waals surface area contributed by atoms with Crippen LogP contribution in [0.2, 0.25) is 0 Å². The van der Waals surface area contributed by atoms with Gasteiger partial charge in [0.05, 0.1) is 11.9 Å². The van der Waals surface area contributed by atoms with E-state index in [2.05, 4.69) is 23.9 Å². The van der Waals surface area contributed by atoms with Crippen molar-refractivity contribution in [1.29, 1.82) is 0 Å². The van der Waals surface area contributed by atoms with Crippen LogP contribution in [-0.4, -0.2) is 37.4 Å². The molecule has 3 N–H and O–H groups in total. The highest BCUT2D eigenvalue weighted by atomic mass is 32.2. The second kappa shape index (κ2) is 10.1. The molecule has 28 heavy (non-hydrogen) atoms. The molecule has 1 aromatic rings. The first-order valence-electron chi connectivity index (χ1n) is 10.3. The number of hydrogen-bond donors (Lipinski definition) is 3. The Morgan fingerprint density at radius 2 is 1.93 bits per heavy atom. The second-order valence-corrected chi connectivity index (χ2v) is 10.6. The number of rotatable bonds is 10. The first-order chi connectivity index (χ1) is 13.1. The normalized spacial score (nSPS) is 22.2. The van der Waals surface area contributed by atoms with Crippen molar-refractivity contribution in [1.82, 2.24) is 10.0 Å². The average molecular weight is 415 g/mol. The molecule has 1 fully saturated rings. The standard InChI is InChI=1S/C21H35FN2O3S/c1-4-12-28(26,27)24-19-10-8-16(9-11-19)14-21(2,3)23-15-20(25)17-6-5-7-18(22)13-17/h5-7,13,16,19-20,23-25H,4,8-12,14-15H2,1-3H3/t16?,19?,20-/m0/s1. The summed E-state index contributed by atoms with van der Waals surface area (Å²) in [5.74, 6) is 0.375. The van der Waals surface area contributed by atoms with Crippen LogP contribution < -0.4 is 10.0 Å². The number of aliphatic hydroxyl groups is 1. The smallest absolute Gasteiger partial charge is 0.211 e. The van der Waals surface area contributed by atoms with Crippen molar-refractivity contribution in [3.05, 3.63) is 35.6 Å². The summed E-state index contributed by atoms with van der Waals surface area (Å²) >= 11 is 0. The van der Waals surface area contributed by atoms with Gasteiger partial charge in [0.15, 0.2) is 0 Å². The van der Waals surface area contributed by atoms with E-state index < -0.39 is 16.1 Å². The fourth-order valence-corrected chi connectivity index (χ4v) is 5.46. The maximum atomic E-state index is 13.3. The van der Waals surface area contributed by atoms with Crippen LogP contribution in [0.1, 0.15) is 71.0 Å². The third kappa shape index (κ3) is 7.78. The molecular formula is C21H35FN2O3S. The summed E-state index contributed by atoms with van der Waals surface area (Å²) in [5.41, 5.74) is 0.413. The maximum absolute atomic E-state index is 13.3. The Bertz CT molecular complexity index is 716. The molecule has 160 valence electrons. The summed E-state index contributed by atoms with van der Waals surface area (Å²) in [5, 5.41) is 13.7. The van der Waals surface area contributed by atoms with Crippen molar-refractivity contribution >= 4 is 10.0 Å².